The largest absolute Gasteiger partial charge is 0.497 e. The molecule has 0 aliphatic carbocycles. The molecule has 0 aliphatic rings. The number of ether oxygens (including phenoxy) is 3. The third kappa shape index (κ3) is 4.84. The molecule has 1 aromatic carbocycles. The first-order valence-corrected chi connectivity index (χ1v) is 6.28. The van der Waals surface area contributed by atoms with Crippen molar-refractivity contribution in [3.63, 3.8) is 0 Å². The van der Waals surface area contributed by atoms with Gasteiger partial charge in [0, 0.05) is 25.2 Å². The first-order chi connectivity index (χ1) is 8.31. The van der Waals surface area contributed by atoms with Gasteiger partial charge in [-0.15, -0.1) is 11.6 Å². The molecule has 0 aromatic heterocycles. The van der Waals surface area contributed by atoms with Gasteiger partial charge in [-0.25, -0.2) is 0 Å². The van der Waals surface area contributed by atoms with Gasteiger partial charge in [0.05, 0.1) is 19.6 Å². The van der Waals surface area contributed by atoms with E-state index in [0.29, 0.717) is 12.5 Å². The average Bonchev–Trinajstić information content (AvgIpc) is 2.38. The molecule has 4 heteroatoms. The number of hydrogen-bond acceptors (Lipinski definition) is 3. The minimum absolute atomic E-state index is 0.415. The highest BCUT2D eigenvalue weighted by molar-refractivity contribution is 6.17. The summed E-state index contributed by atoms with van der Waals surface area (Å²) in [6, 6.07) is 5.65. The van der Waals surface area contributed by atoms with Gasteiger partial charge in [0.25, 0.3) is 0 Å². The molecule has 1 aromatic rings. The fourth-order valence-corrected chi connectivity index (χ4v) is 1.62. The van der Waals surface area contributed by atoms with E-state index in [9.17, 15) is 0 Å². The van der Waals surface area contributed by atoms with Crippen LogP contribution < -0.4 is 9.47 Å². The number of hydrogen-bond donors (Lipinski definition) is 0. The topological polar surface area (TPSA) is 27.7 Å². The van der Waals surface area contributed by atoms with Crippen LogP contribution in [0.3, 0.4) is 0 Å². The van der Waals surface area contributed by atoms with E-state index in [1.807, 2.05) is 25.1 Å². The molecule has 0 N–H and O–H groups in total. The minimum Gasteiger partial charge on any atom is -0.497 e. The summed E-state index contributed by atoms with van der Waals surface area (Å²) in [5.41, 5.74) is 0.947. The maximum Gasteiger partial charge on any atom is 0.123 e. The molecule has 0 bridgehead atoms. The van der Waals surface area contributed by atoms with E-state index in [0.717, 1.165) is 36.7 Å². The number of halogens is 1. The van der Waals surface area contributed by atoms with Crippen LogP contribution in [0.25, 0.3) is 0 Å². The van der Waals surface area contributed by atoms with Crippen LogP contribution >= 0.6 is 11.6 Å². The molecule has 0 unspecified atom stereocenters. The first-order valence-electron chi connectivity index (χ1n) is 5.75. The van der Waals surface area contributed by atoms with Crippen LogP contribution in [0.4, 0.5) is 0 Å². The number of rotatable bonds is 8. The molecule has 17 heavy (non-hydrogen) atoms. The lowest BCUT2D eigenvalue weighted by molar-refractivity contribution is 0.130. The van der Waals surface area contributed by atoms with Gasteiger partial charge in [-0.2, -0.15) is 0 Å². The Morgan fingerprint density at radius 3 is 2.71 bits per heavy atom. The van der Waals surface area contributed by atoms with Gasteiger partial charge in [0.2, 0.25) is 0 Å². The highest BCUT2D eigenvalue weighted by atomic mass is 35.5. The second-order valence-electron chi connectivity index (χ2n) is 3.51. The smallest absolute Gasteiger partial charge is 0.123 e. The maximum atomic E-state index is 5.86. The quantitative estimate of drug-likeness (QED) is 0.529. The van der Waals surface area contributed by atoms with Crippen molar-refractivity contribution in [1.29, 1.82) is 0 Å². The fraction of sp³-hybridized carbons (Fsp3) is 0.538. The Kier molecular flexibility index (Phi) is 6.82. The van der Waals surface area contributed by atoms with Crippen molar-refractivity contribution in [2.75, 3.05) is 26.9 Å². The maximum absolute atomic E-state index is 5.86. The van der Waals surface area contributed by atoms with Crippen molar-refractivity contribution in [3.05, 3.63) is 23.8 Å². The van der Waals surface area contributed by atoms with Crippen LogP contribution in [0.1, 0.15) is 18.9 Å². The molecule has 3 nitrogen and oxygen atoms in total. The zero-order valence-electron chi connectivity index (χ0n) is 10.4. The number of benzene rings is 1. The fourth-order valence-electron chi connectivity index (χ4n) is 1.42. The van der Waals surface area contributed by atoms with Crippen LogP contribution in [0.5, 0.6) is 11.5 Å². The van der Waals surface area contributed by atoms with E-state index in [4.69, 9.17) is 25.8 Å². The van der Waals surface area contributed by atoms with E-state index < -0.39 is 0 Å². The molecule has 0 saturated carbocycles. The Labute approximate surface area is 108 Å². The molecule has 0 spiro atoms. The summed E-state index contributed by atoms with van der Waals surface area (Å²) < 4.78 is 16.0. The van der Waals surface area contributed by atoms with E-state index in [-0.39, 0.29) is 0 Å². The zero-order valence-corrected chi connectivity index (χ0v) is 11.1. The average molecular weight is 259 g/mol. The highest BCUT2D eigenvalue weighted by Gasteiger charge is 2.04. The summed E-state index contributed by atoms with van der Waals surface area (Å²) in [6.45, 7) is 4.09. The van der Waals surface area contributed by atoms with E-state index in [1.54, 1.807) is 7.11 Å². The van der Waals surface area contributed by atoms with Crippen LogP contribution in [0, 0.1) is 0 Å². The standard InChI is InChI=1S/C13H19ClO3/c1-3-16-7-4-8-17-13-6-5-12(15-2)9-11(13)10-14/h5-6,9H,3-4,7-8,10H2,1-2H3. The first kappa shape index (κ1) is 14.1. The molecule has 0 saturated heterocycles. The van der Waals surface area contributed by atoms with Gasteiger partial charge in [-0.1, -0.05) is 0 Å². The van der Waals surface area contributed by atoms with Crippen LogP contribution in [-0.4, -0.2) is 26.9 Å². The Morgan fingerprint density at radius 2 is 2.06 bits per heavy atom. The summed E-state index contributed by atoms with van der Waals surface area (Å²) in [5.74, 6) is 2.03. The molecular weight excluding hydrogens is 240 g/mol. The summed E-state index contributed by atoms with van der Waals surface area (Å²) in [7, 11) is 1.63. The SMILES string of the molecule is CCOCCCOc1ccc(OC)cc1CCl. The van der Waals surface area contributed by atoms with E-state index >= 15 is 0 Å². The van der Waals surface area contributed by atoms with Crippen molar-refractivity contribution < 1.29 is 14.2 Å². The molecule has 0 radical (unpaired) electrons. The lowest BCUT2D eigenvalue weighted by Gasteiger charge is -2.11. The van der Waals surface area contributed by atoms with Crippen molar-refractivity contribution in [1.82, 2.24) is 0 Å². The van der Waals surface area contributed by atoms with Crippen LogP contribution in [0.2, 0.25) is 0 Å². The van der Waals surface area contributed by atoms with Gasteiger partial charge >= 0.3 is 0 Å². The molecule has 0 amide bonds. The third-order valence-corrected chi connectivity index (χ3v) is 2.59. The third-order valence-electron chi connectivity index (χ3n) is 2.31. The monoisotopic (exact) mass is 258 g/mol. The second kappa shape index (κ2) is 8.20. The molecule has 96 valence electrons. The van der Waals surface area contributed by atoms with E-state index in [1.165, 1.54) is 0 Å². The summed E-state index contributed by atoms with van der Waals surface area (Å²) in [4.78, 5) is 0. The van der Waals surface area contributed by atoms with Crippen molar-refractivity contribution in [3.8, 4) is 11.5 Å². The summed E-state index contributed by atoms with van der Waals surface area (Å²) in [6.07, 6.45) is 0.877. The number of methoxy groups -OCH3 is 1. The van der Waals surface area contributed by atoms with Gasteiger partial charge in [-0.05, 0) is 25.1 Å². The molecule has 0 heterocycles. The second-order valence-corrected chi connectivity index (χ2v) is 3.77. The lowest BCUT2D eigenvalue weighted by atomic mass is 10.2. The van der Waals surface area contributed by atoms with Crippen molar-refractivity contribution in [2.45, 2.75) is 19.2 Å². The predicted molar refractivity (Wildman–Crippen MR) is 69.2 cm³/mol. The van der Waals surface area contributed by atoms with Crippen LogP contribution in [0.15, 0.2) is 18.2 Å². The molecule has 1 rings (SSSR count). The van der Waals surface area contributed by atoms with E-state index in [2.05, 4.69) is 0 Å². The van der Waals surface area contributed by atoms with Crippen molar-refractivity contribution in [2.24, 2.45) is 0 Å². The normalized spacial score (nSPS) is 10.3. The Bertz CT molecular complexity index is 328. The van der Waals surface area contributed by atoms with Gasteiger partial charge in [0.1, 0.15) is 11.5 Å². The minimum atomic E-state index is 0.415. The molecule has 0 atom stereocenters. The molecule has 0 fully saturated rings. The summed E-state index contributed by atoms with van der Waals surface area (Å²) in [5, 5.41) is 0. The zero-order chi connectivity index (χ0) is 12.5. The Morgan fingerprint density at radius 1 is 1.24 bits per heavy atom. The van der Waals surface area contributed by atoms with Gasteiger partial charge < -0.3 is 14.2 Å². The Hall–Kier alpha value is -0.930. The molecular formula is C13H19ClO3. The summed E-state index contributed by atoms with van der Waals surface area (Å²) >= 11 is 5.86. The van der Waals surface area contributed by atoms with Crippen LogP contribution in [-0.2, 0) is 10.6 Å². The van der Waals surface area contributed by atoms with Gasteiger partial charge in [0.15, 0.2) is 0 Å². The highest BCUT2D eigenvalue weighted by Crippen LogP contribution is 2.25. The number of alkyl halides is 1. The lowest BCUT2D eigenvalue weighted by Crippen LogP contribution is -2.04. The van der Waals surface area contributed by atoms with Gasteiger partial charge in [-0.3, -0.25) is 0 Å². The Balaban J connectivity index is 2.46. The predicted octanol–water partition coefficient (Wildman–Crippen LogP) is 3.24. The molecule has 0 aliphatic heterocycles. The van der Waals surface area contributed by atoms with Crippen molar-refractivity contribution >= 4 is 11.6 Å².